The average molecular weight is 821 g/mol. The van der Waals surface area contributed by atoms with E-state index in [1.54, 1.807) is 0 Å². The molecule has 58 heavy (non-hydrogen) atoms. The van der Waals surface area contributed by atoms with Crippen LogP contribution in [0.1, 0.15) is 297 Å². The van der Waals surface area contributed by atoms with Gasteiger partial charge in [0.05, 0.1) is 0 Å². The number of rotatable bonds is 48. The van der Waals surface area contributed by atoms with Gasteiger partial charge in [-0.1, -0.05) is 258 Å². The number of hydrogen-bond acceptors (Lipinski definition) is 6. The lowest BCUT2D eigenvalue weighted by molar-refractivity contribution is -0.167. The molecule has 0 unspecified atom stereocenters. The van der Waals surface area contributed by atoms with Gasteiger partial charge in [-0.15, -0.1) is 0 Å². The topological polar surface area (TPSA) is 78.9 Å². The van der Waals surface area contributed by atoms with Crippen molar-refractivity contribution in [3.05, 3.63) is 0 Å². The van der Waals surface area contributed by atoms with Crippen LogP contribution in [0.25, 0.3) is 0 Å². The Labute approximate surface area is 361 Å². The third-order valence-corrected chi connectivity index (χ3v) is 11.9. The van der Waals surface area contributed by atoms with Crippen LogP contribution in [-0.4, -0.2) is 37.2 Å². The fraction of sp³-hybridized carbons (Fsp3) is 0.942. The van der Waals surface area contributed by atoms with Crippen molar-refractivity contribution in [1.82, 2.24) is 0 Å². The Morgan fingerprint density at radius 3 is 0.690 bits per heavy atom. The monoisotopic (exact) mass is 821 g/mol. The molecule has 0 radical (unpaired) electrons. The molecule has 0 aliphatic rings. The molecule has 6 nitrogen and oxygen atoms in total. The fourth-order valence-corrected chi connectivity index (χ4v) is 7.92. The van der Waals surface area contributed by atoms with E-state index in [0.717, 1.165) is 57.8 Å². The number of unbranched alkanes of at least 4 members (excludes halogenated alkanes) is 37. The first kappa shape index (κ1) is 56.4. The number of carbonyl (C=O) groups excluding carboxylic acids is 3. The first-order valence-corrected chi connectivity index (χ1v) is 26.0. The van der Waals surface area contributed by atoms with Crippen molar-refractivity contribution in [1.29, 1.82) is 0 Å². The minimum atomic E-state index is -0.759. The molecule has 0 saturated heterocycles. The third-order valence-electron chi connectivity index (χ3n) is 11.9. The van der Waals surface area contributed by atoms with Crippen LogP contribution in [0.2, 0.25) is 0 Å². The summed E-state index contributed by atoms with van der Waals surface area (Å²) in [6.07, 6.45) is 50.9. The van der Waals surface area contributed by atoms with Crippen LogP contribution in [0.3, 0.4) is 0 Å². The van der Waals surface area contributed by atoms with Crippen LogP contribution in [-0.2, 0) is 28.6 Å². The maximum absolute atomic E-state index is 12.8. The highest BCUT2D eigenvalue weighted by Crippen LogP contribution is 2.17. The molecule has 0 spiro atoms. The molecule has 344 valence electrons. The predicted molar refractivity (Wildman–Crippen MR) is 247 cm³/mol. The molecule has 0 rings (SSSR count). The number of carbonyl (C=O) groups is 3. The zero-order valence-electron chi connectivity index (χ0n) is 39.3. The summed E-state index contributed by atoms with van der Waals surface area (Å²) in [5.41, 5.74) is 0. The second-order valence-electron chi connectivity index (χ2n) is 17.8. The van der Waals surface area contributed by atoms with E-state index in [4.69, 9.17) is 14.2 Å². The second kappa shape index (κ2) is 48.1. The summed E-state index contributed by atoms with van der Waals surface area (Å²) >= 11 is 0. The summed E-state index contributed by atoms with van der Waals surface area (Å²) in [5.74, 6) is -0.844. The zero-order chi connectivity index (χ0) is 42.3. The molecule has 0 aliphatic heterocycles. The van der Waals surface area contributed by atoms with Crippen LogP contribution in [0, 0.1) is 0 Å². The summed E-state index contributed by atoms with van der Waals surface area (Å²) in [4.78, 5) is 37.8. The van der Waals surface area contributed by atoms with Gasteiger partial charge in [-0.2, -0.15) is 0 Å². The first-order chi connectivity index (χ1) is 28.5. The third kappa shape index (κ3) is 45.5. The van der Waals surface area contributed by atoms with Crippen molar-refractivity contribution in [3.63, 3.8) is 0 Å². The van der Waals surface area contributed by atoms with Gasteiger partial charge in [0.15, 0.2) is 6.10 Å². The molecule has 1 atom stereocenters. The summed E-state index contributed by atoms with van der Waals surface area (Å²) in [6, 6.07) is 0. The smallest absolute Gasteiger partial charge is 0.306 e. The van der Waals surface area contributed by atoms with Gasteiger partial charge in [0.25, 0.3) is 0 Å². The Morgan fingerprint density at radius 2 is 0.466 bits per heavy atom. The Balaban J connectivity index is 4.24. The molecule has 0 aliphatic carbocycles. The highest BCUT2D eigenvalue weighted by Gasteiger charge is 2.19. The van der Waals surface area contributed by atoms with Gasteiger partial charge < -0.3 is 14.2 Å². The van der Waals surface area contributed by atoms with E-state index >= 15 is 0 Å². The molecule has 0 bridgehead atoms. The van der Waals surface area contributed by atoms with Crippen molar-refractivity contribution < 1.29 is 28.6 Å². The first-order valence-electron chi connectivity index (χ1n) is 26.0. The Hall–Kier alpha value is -1.59. The van der Waals surface area contributed by atoms with Crippen LogP contribution in [0.5, 0.6) is 0 Å². The highest BCUT2D eigenvalue weighted by atomic mass is 16.6. The summed E-state index contributed by atoms with van der Waals surface area (Å²) in [5, 5.41) is 0. The van der Waals surface area contributed by atoms with Crippen molar-refractivity contribution in [3.8, 4) is 0 Å². The molecule has 0 saturated carbocycles. The van der Waals surface area contributed by atoms with Gasteiger partial charge in [0.1, 0.15) is 13.2 Å². The van der Waals surface area contributed by atoms with Crippen molar-refractivity contribution in [2.45, 2.75) is 303 Å². The van der Waals surface area contributed by atoms with E-state index in [1.165, 1.54) is 199 Å². The fourth-order valence-electron chi connectivity index (χ4n) is 7.92. The van der Waals surface area contributed by atoms with E-state index in [-0.39, 0.29) is 31.1 Å². The molecule has 0 heterocycles. The average Bonchev–Trinajstić information content (AvgIpc) is 3.22. The lowest BCUT2D eigenvalue weighted by atomic mass is 10.0. The number of ether oxygens (including phenoxy) is 3. The lowest BCUT2D eigenvalue weighted by Gasteiger charge is -2.18. The number of hydrogen-bond donors (Lipinski definition) is 0. The van der Waals surface area contributed by atoms with Crippen molar-refractivity contribution in [2.24, 2.45) is 0 Å². The molecule has 0 fully saturated rings. The quantitative estimate of drug-likeness (QED) is 0.0346. The van der Waals surface area contributed by atoms with Crippen LogP contribution < -0.4 is 0 Å². The van der Waals surface area contributed by atoms with Gasteiger partial charge in [-0.25, -0.2) is 0 Å². The summed E-state index contributed by atoms with van der Waals surface area (Å²) in [7, 11) is 0. The second-order valence-corrected chi connectivity index (χ2v) is 17.8. The molecule has 0 aromatic heterocycles. The molecule has 0 amide bonds. The van der Waals surface area contributed by atoms with Crippen molar-refractivity contribution >= 4 is 17.9 Å². The minimum Gasteiger partial charge on any atom is -0.462 e. The van der Waals surface area contributed by atoms with Gasteiger partial charge in [0.2, 0.25) is 0 Å². The molecular formula is C52H100O6. The normalized spacial score (nSPS) is 11.8. The van der Waals surface area contributed by atoms with Gasteiger partial charge in [0, 0.05) is 19.3 Å². The van der Waals surface area contributed by atoms with Crippen LogP contribution >= 0.6 is 0 Å². The lowest BCUT2D eigenvalue weighted by Crippen LogP contribution is -2.30. The van der Waals surface area contributed by atoms with Crippen molar-refractivity contribution in [2.75, 3.05) is 13.2 Å². The maximum atomic E-state index is 12.8. The van der Waals surface area contributed by atoms with E-state index in [1.807, 2.05) is 0 Å². The molecule has 0 aromatic rings. The van der Waals surface area contributed by atoms with E-state index < -0.39 is 6.10 Å². The largest absolute Gasteiger partial charge is 0.462 e. The van der Waals surface area contributed by atoms with E-state index in [9.17, 15) is 14.4 Å². The zero-order valence-corrected chi connectivity index (χ0v) is 39.3. The molecule has 6 heteroatoms. The van der Waals surface area contributed by atoms with Crippen LogP contribution in [0.15, 0.2) is 0 Å². The van der Waals surface area contributed by atoms with Gasteiger partial charge in [-0.05, 0) is 19.3 Å². The standard InChI is InChI=1S/C52H100O6/c1-4-7-10-13-16-19-21-23-24-25-26-27-29-31-34-37-40-43-46-52(55)58-49(47-56-50(53)44-41-38-35-32-18-15-12-9-6-3)48-57-51(54)45-42-39-36-33-30-28-22-20-17-14-11-8-5-2/h49H,4-48H2,1-3H3/t49-/m1/s1. The van der Waals surface area contributed by atoms with E-state index in [2.05, 4.69) is 20.8 Å². The summed E-state index contributed by atoms with van der Waals surface area (Å²) in [6.45, 7) is 6.66. The van der Waals surface area contributed by atoms with Gasteiger partial charge in [-0.3, -0.25) is 14.4 Å². The predicted octanol–water partition coefficient (Wildman–Crippen LogP) is 16.8. The maximum Gasteiger partial charge on any atom is 0.306 e. The molecule has 0 N–H and O–H groups in total. The van der Waals surface area contributed by atoms with Crippen LogP contribution in [0.4, 0.5) is 0 Å². The Morgan fingerprint density at radius 1 is 0.276 bits per heavy atom. The molecule has 0 aromatic carbocycles. The Kier molecular flexibility index (Phi) is 46.8. The van der Waals surface area contributed by atoms with E-state index in [0.29, 0.717) is 19.3 Å². The minimum absolute atomic E-state index is 0.0620. The SMILES string of the molecule is CCCCCCCCCCCCCCCCCCCCC(=O)O[C@H](COC(=O)CCCCCCCCCCC)COC(=O)CCCCCCCCCCCCCCC. The summed E-state index contributed by atoms with van der Waals surface area (Å²) < 4.78 is 16.8. The molecular weight excluding hydrogens is 721 g/mol. The Bertz CT molecular complexity index is 859. The van der Waals surface area contributed by atoms with Gasteiger partial charge >= 0.3 is 17.9 Å². The number of esters is 3. The highest BCUT2D eigenvalue weighted by molar-refractivity contribution is 5.71.